The van der Waals surface area contributed by atoms with Crippen LogP contribution in [0.25, 0.3) is 0 Å². The van der Waals surface area contributed by atoms with Gasteiger partial charge in [-0.15, -0.1) is 0 Å². The number of esters is 1. The van der Waals surface area contributed by atoms with Crippen LogP contribution in [0, 0.1) is 0 Å². The summed E-state index contributed by atoms with van der Waals surface area (Å²) in [7, 11) is 4.56. The Balaban J connectivity index is 1.63. The van der Waals surface area contributed by atoms with Crippen molar-refractivity contribution < 1.29 is 19.0 Å². The first-order valence-electron chi connectivity index (χ1n) is 9.56. The smallest absolute Gasteiger partial charge is 0.337 e. The summed E-state index contributed by atoms with van der Waals surface area (Å²) >= 11 is 0. The van der Waals surface area contributed by atoms with Gasteiger partial charge in [-0.2, -0.15) is 0 Å². The van der Waals surface area contributed by atoms with Gasteiger partial charge in [0, 0.05) is 12.2 Å². The lowest BCUT2D eigenvalue weighted by atomic mass is 10.1. The fraction of sp³-hybridized carbons (Fsp3) is 0.227. The second-order valence-corrected chi connectivity index (χ2v) is 6.54. The standard InChI is InChI=1S/C22H25N5O4/c1-29-17-9-4-14(12-18(17)30-2)10-11-24-20-19(23)21(26-13-25-20)27-16-7-5-15(6-8-16)22(28)31-3/h4-9,12-13H,10-11,23H2,1-3H3,(H2,24,25,26,27). The highest BCUT2D eigenvalue weighted by atomic mass is 16.5. The van der Waals surface area contributed by atoms with Gasteiger partial charge < -0.3 is 30.6 Å². The van der Waals surface area contributed by atoms with E-state index in [9.17, 15) is 4.79 Å². The SMILES string of the molecule is COC(=O)c1ccc(Nc2ncnc(NCCc3ccc(OC)c(OC)c3)c2N)cc1. The highest BCUT2D eigenvalue weighted by Gasteiger charge is 2.10. The van der Waals surface area contributed by atoms with Crippen molar-refractivity contribution in [2.24, 2.45) is 0 Å². The molecule has 0 saturated heterocycles. The number of carbonyl (C=O) groups is 1. The van der Waals surface area contributed by atoms with Crippen LogP contribution in [0.2, 0.25) is 0 Å². The van der Waals surface area contributed by atoms with E-state index in [1.54, 1.807) is 38.5 Å². The van der Waals surface area contributed by atoms with E-state index in [4.69, 9.17) is 19.9 Å². The number of methoxy groups -OCH3 is 3. The molecule has 0 aliphatic rings. The van der Waals surface area contributed by atoms with Gasteiger partial charge in [0.15, 0.2) is 23.1 Å². The van der Waals surface area contributed by atoms with Gasteiger partial charge in [0.05, 0.1) is 26.9 Å². The van der Waals surface area contributed by atoms with Crippen molar-refractivity contribution in [3.63, 3.8) is 0 Å². The number of nitrogens with zero attached hydrogens (tertiary/aromatic N) is 2. The second kappa shape index (κ2) is 10.1. The van der Waals surface area contributed by atoms with E-state index in [-0.39, 0.29) is 0 Å². The zero-order valence-electron chi connectivity index (χ0n) is 17.6. The van der Waals surface area contributed by atoms with Crippen molar-refractivity contribution >= 4 is 29.0 Å². The first-order valence-corrected chi connectivity index (χ1v) is 9.56. The molecule has 31 heavy (non-hydrogen) atoms. The van der Waals surface area contributed by atoms with Gasteiger partial charge in [0.25, 0.3) is 0 Å². The molecule has 0 fully saturated rings. The fourth-order valence-corrected chi connectivity index (χ4v) is 2.94. The third-order valence-electron chi connectivity index (χ3n) is 4.61. The Morgan fingerprint density at radius 2 is 1.68 bits per heavy atom. The van der Waals surface area contributed by atoms with Crippen LogP contribution in [-0.4, -0.2) is 43.8 Å². The van der Waals surface area contributed by atoms with Gasteiger partial charge in [-0.3, -0.25) is 0 Å². The molecule has 1 aromatic heterocycles. The van der Waals surface area contributed by atoms with Crippen molar-refractivity contribution in [2.45, 2.75) is 6.42 Å². The highest BCUT2D eigenvalue weighted by molar-refractivity contribution is 5.90. The maximum Gasteiger partial charge on any atom is 0.337 e. The summed E-state index contributed by atoms with van der Waals surface area (Å²) in [5.74, 6) is 1.98. The number of aromatic nitrogens is 2. The molecular weight excluding hydrogens is 398 g/mol. The summed E-state index contributed by atoms with van der Waals surface area (Å²) in [4.78, 5) is 20.0. The van der Waals surface area contributed by atoms with E-state index in [1.165, 1.54) is 13.4 Å². The van der Waals surface area contributed by atoms with Gasteiger partial charge in [0.2, 0.25) is 0 Å². The number of carbonyl (C=O) groups excluding carboxylic acids is 1. The number of nitrogens with one attached hydrogen (secondary N) is 2. The third-order valence-corrected chi connectivity index (χ3v) is 4.61. The molecule has 0 aliphatic carbocycles. The lowest BCUT2D eigenvalue weighted by Gasteiger charge is -2.13. The number of nitrogen functional groups attached to an aromatic ring is 1. The van der Waals surface area contributed by atoms with Crippen molar-refractivity contribution in [1.82, 2.24) is 9.97 Å². The van der Waals surface area contributed by atoms with Crippen LogP contribution in [0.3, 0.4) is 0 Å². The van der Waals surface area contributed by atoms with Gasteiger partial charge in [-0.1, -0.05) is 6.07 Å². The van der Waals surface area contributed by atoms with Crippen molar-refractivity contribution in [1.29, 1.82) is 0 Å². The van der Waals surface area contributed by atoms with Crippen LogP contribution in [0.5, 0.6) is 11.5 Å². The Kier molecular flexibility index (Phi) is 7.10. The van der Waals surface area contributed by atoms with Crippen LogP contribution in [0.4, 0.5) is 23.0 Å². The number of anilines is 4. The van der Waals surface area contributed by atoms with E-state index in [0.29, 0.717) is 40.9 Å². The van der Waals surface area contributed by atoms with E-state index >= 15 is 0 Å². The van der Waals surface area contributed by atoms with Crippen LogP contribution in [-0.2, 0) is 11.2 Å². The van der Waals surface area contributed by atoms with Gasteiger partial charge >= 0.3 is 5.97 Å². The van der Waals surface area contributed by atoms with Crippen molar-refractivity contribution in [2.75, 3.05) is 44.2 Å². The second-order valence-electron chi connectivity index (χ2n) is 6.54. The quantitative estimate of drug-likeness (QED) is 0.445. The number of benzene rings is 2. The molecule has 0 aliphatic heterocycles. The molecule has 3 aromatic rings. The van der Waals surface area contributed by atoms with Crippen LogP contribution in [0.15, 0.2) is 48.8 Å². The number of hydrogen-bond donors (Lipinski definition) is 3. The van der Waals surface area contributed by atoms with Gasteiger partial charge in [0.1, 0.15) is 12.0 Å². The summed E-state index contributed by atoms with van der Waals surface area (Å²) in [6.45, 7) is 0.615. The van der Waals surface area contributed by atoms with Crippen LogP contribution in [0.1, 0.15) is 15.9 Å². The molecule has 9 heteroatoms. The van der Waals surface area contributed by atoms with Gasteiger partial charge in [-0.25, -0.2) is 14.8 Å². The predicted molar refractivity (Wildman–Crippen MR) is 119 cm³/mol. The molecule has 0 saturated carbocycles. The zero-order chi connectivity index (χ0) is 22.2. The zero-order valence-corrected chi connectivity index (χ0v) is 17.6. The summed E-state index contributed by atoms with van der Waals surface area (Å²) in [5, 5.41) is 6.37. The fourth-order valence-electron chi connectivity index (χ4n) is 2.94. The number of nitrogens with two attached hydrogens (primary N) is 1. The Morgan fingerprint density at radius 3 is 2.35 bits per heavy atom. The molecule has 0 radical (unpaired) electrons. The summed E-state index contributed by atoms with van der Waals surface area (Å²) in [5.41, 5.74) is 8.90. The van der Waals surface area contributed by atoms with Crippen molar-refractivity contribution in [3.8, 4) is 11.5 Å². The molecule has 0 atom stereocenters. The van der Waals surface area contributed by atoms with Crippen LogP contribution >= 0.6 is 0 Å². The molecule has 162 valence electrons. The molecule has 1 heterocycles. The average Bonchev–Trinajstić information content (AvgIpc) is 2.81. The number of rotatable bonds is 9. The summed E-state index contributed by atoms with van der Waals surface area (Å²) < 4.78 is 15.3. The van der Waals surface area contributed by atoms with E-state index in [2.05, 4.69) is 20.6 Å². The number of ether oxygens (including phenoxy) is 3. The lowest BCUT2D eigenvalue weighted by molar-refractivity contribution is 0.0601. The largest absolute Gasteiger partial charge is 0.493 e. The molecule has 0 unspecified atom stereocenters. The Bertz CT molecular complexity index is 1040. The Hall–Kier alpha value is -4.01. The summed E-state index contributed by atoms with van der Waals surface area (Å²) in [6.07, 6.45) is 2.17. The molecule has 0 bridgehead atoms. The monoisotopic (exact) mass is 423 g/mol. The highest BCUT2D eigenvalue weighted by Crippen LogP contribution is 2.28. The average molecular weight is 423 g/mol. The van der Waals surface area contributed by atoms with E-state index < -0.39 is 5.97 Å². The van der Waals surface area contributed by atoms with E-state index in [0.717, 1.165) is 17.7 Å². The maximum atomic E-state index is 11.5. The molecule has 9 nitrogen and oxygen atoms in total. The predicted octanol–water partition coefficient (Wildman–Crippen LogP) is 3.26. The van der Waals surface area contributed by atoms with Crippen LogP contribution < -0.4 is 25.8 Å². The minimum Gasteiger partial charge on any atom is -0.493 e. The molecule has 0 amide bonds. The minimum absolute atomic E-state index is 0.394. The third kappa shape index (κ3) is 5.33. The normalized spacial score (nSPS) is 10.3. The summed E-state index contributed by atoms with van der Waals surface area (Å²) in [6, 6.07) is 12.6. The van der Waals surface area contributed by atoms with Crippen molar-refractivity contribution in [3.05, 3.63) is 59.9 Å². The maximum absolute atomic E-state index is 11.5. The van der Waals surface area contributed by atoms with Gasteiger partial charge in [-0.05, 0) is 48.4 Å². The first kappa shape index (κ1) is 21.7. The topological polar surface area (TPSA) is 121 Å². The molecular formula is C22H25N5O4. The number of hydrogen-bond acceptors (Lipinski definition) is 9. The molecule has 3 rings (SSSR count). The minimum atomic E-state index is -0.394. The first-order chi connectivity index (χ1) is 15.0. The molecule has 4 N–H and O–H groups in total. The molecule has 2 aromatic carbocycles. The van der Waals surface area contributed by atoms with E-state index in [1.807, 2.05) is 18.2 Å². The lowest BCUT2D eigenvalue weighted by Crippen LogP contribution is -2.11. The Morgan fingerprint density at radius 1 is 0.968 bits per heavy atom. The Labute approximate surface area is 180 Å². The molecule has 0 spiro atoms.